The summed E-state index contributed by atoms with van der Waals surface area (Å²) in [6.45, 7) is 6.96. The third kappa shape index (κ3) is 8.72. The van der Waals surface area contributed by atoms with Gasteiger partial charge in [-0.3, -0.25) is 4.79 Å². The van der Waals surface area contributed by atoms with E-state index in [4.69, 9.17) is 9.47 Å². The summed E-state index contributed by atoms with van der Waals surface area (Å²) in [5.74, 6) is 0.823. The van der Waals surface area contributed by atoms with Gasteiger partial charge in [0, 0.05) is 12.8 Å². The molecule has 2 aromatic carbocycles. The van der Waals surface area contributed by atoms with E-state index in [0.717, 1.165) is 31.6 Å². The number of esters is 1. The molecule has 0 amide bonds. The lowest BCUT2D eigenvalue weighted by Crippen LogP contribution is -2.16. The Kier molecular flexibility index (Phi) is 10.3. The predicted octanol–water partition coefficient (Wildman–Crippen LogP) is 6.98. The zero-order valence-corrected chi connectivity index (χ0v) is 18.3. The summed E-state index contributed by atoms with van der Waals surface area (Å²) < 4.78 is 11.3. The molecule has 158 valence electrons. The van der Waals surface area contributed by atoms with Crippen LogP contribution >= 0.6 is 0 Å². The third-order valence-corrected chi connectivity index (χ3v) is 4.97. The number of rotatable bonds is 13. The molecule has 0 aromatic heterocycles. The van der Waals surface area contributed by atoms with Crippen molar-refractivity contribution >= 4 is 5.97 Å². The van der Waals surface area contributed by atoms with Crippen LogP contribution in [-0.4, -0.2) is 18.7 Å². The number of benzene rings is 2. The highest BCUT2D eigenvalue weighted by Gasteiger charge is 2.09. The van der Waals surface area contributed by atoms with Crippen LogP contribution in [0.15, 0.2) is 48.5 Å². The zero-order valence-electron chi connectivity index (χ0n) is 18.3. The first-order valence-electron chi connectivity index (χ1n) is 11.1. The lowest BCUT2D eigenvalue weighted by atomic mass is 10.0. The summed E-state index contributed by atoms with van der Waals surface area (Å²) in [4.78, 5) is 11.6. The van der Waals surface area contributed by atoms with Crippen LogP contribution in [0.3, 0.4) is 0 Å². The standard InChI is InChI=1S/C26H36O3/c1-4-6-7-8-9-19-28-25-17-15-24(16-18-25)23-13-11-22(12-14-23)20-21(3)29-26(27)10-5-2/h11-18,21H,4-10,19-20H2,1-3H3. The molecule has 0 bridgehead atoms. The predicted molar refractivity (Wildman–Crippen MR) is 120 cm³/mol. The summed E-state index contributed by atoms with van der Waals surface area (Å²) in [6.07, 6.45) is 8.20. The van der Waals surface area contributed by atoms with Crippen LogP contribution in [-0.2, 0) is 16.0 Å². The van der Waals surface area contributed by atoms with Gasteiger partial charge in [0.05, 0.1) is 6.61 Å². The molecule has 0 radical (unpaired) electrons. The van der Waals surface area contributed by atoms with E-state index in [1.807, 2.05) is 26.0 Å². The minimum absolute atomic E-state index is 0.0988. The molecule has 0 aliphatic carbocycles. The van der Waals surface area contributed by atoms with Gasteiger partial charge in [-0.25, -0.2) is 0 Å². The van der Waals surface area contributed by atoms with Crippen molar-refractivity contribution in [2.45, 2.75) is 78.2 Å². The van der Waals surface area contributed by atoms with E-state index in [1.54, 1.807) is 0 Å². The maximum Gasteiger partial charge on any atom is 0.306 e. The second kappa shape index (κ2) is 13.0. The Morgan fingerprint density at radius 2 is 1.45 bits per heavy atom. The lowest BCUT2D eigenvalue weighted by Gasteiger charge is -2.13. The van der Waals surface area contributed by atoms with Crippen molar-refractivity contribution in [2.75, 3.05) is 6.61 Å². The molecule has 0 heterocycles. The van der Waals surface area contributed by atoms with Crippen LogP contribution in [0.25, 0.3) is 11.1 Å². The Labute approximate surface area is 176 Å². The molecule has 29 heavy (non-hydrogen) atoms. The highest BCUT2D eigenvalue weighted by atomic mass is 16.5. The van der Waals surface area contributed by atoms with E-state index >= 15 is 0 Å². The number of ether oxygens (including phenoxy) is 2. The summed E-state index contributed by atoms with van der Waals surface area (Å²) in [7, 11) is 0. The summed E-state index contributed by atoms with van der Waals surface area (Å²) >= 11 is 0. The molecule has 3 nitrogen and oxygen atoms in total. The average molecular weight is 397 g/mol. The van der Waals surface area contributed by atoms with E-state index in [0.29, 0.717) is 6.42 Å². The van der Waals surface area contributed by atoms with E-state index in [9.17, 15) is 4.79 Å². The number of unbranched alkanes of at least 4 members (excludes halogenated alkanes) is 4. The molecule has 0 N–H and O–H groups in total. The Balaban J connectivity index is 1.81. The van der Waals surface area contributed by atoms with Crippen LogP contribution < -0.4 is 4.74 Å². The molecular weight excluding hydrogens is 360 g/mol. The van der Waals surface area contributed by atoms with Crippen molar-refractivity contribution < 1.29 is 14.3 Å². The fourth-order valence-electron chi connectivity index (χ4n) is 3.33. The van der Waals surface area contributed by atoms with Crippen molar-refractivity contribution in [3.05, 3.63) is 54.1 Å². The van der Waals surface area contributed by atoms with E-state index in [1.165, 1.54) is 42.4 Å². The van der Waals surface area contributed by atoms with E-state index in [2.05, 4.69) is 43.3 Å². The molecule has 0 fully saturated rings. The van der Waals surface area contributed by atoms with Crippen LogP contribution in [0.4, 0.5) is 0 Å². The van der Waals surface area contributed by atoms with Crippen molar-refractivity contribution in [3.63, 3.8) is 0 Å². The Morgan fingerprint density at radius 3 is 2.07 bits per heavy atom. The van der Waals surface area contributed by atoms with Gasteiger partial charge in [0.15, 0.2) is 0 Å². The largest absolute Gasteiger partial charge is 0.494 e. The van der Waals surface area contributed by atoms with Gasteiger partial charge in [0.2, 0.25) is 0 Å². The Morgan fingerprint density at radius 1 is 0.828 bits per heavy atom. The van der Waals surface area contributed by atoms with Gasteiger partial charge in [-0.15, -0.1) is 0 Å². The summed E-state index contributed by atoms with van der Waals surface area (Å²) in [5, 5.41) is 0. The van der Waals surface area contributed by atoms with Gasteiger partial charge < -0.3 is 9.47 Å². The molecule has 2 rings (SSSR count). The normalized spacial score (nSPS) is 11.8. The van der Waals surface area contributed by atoms with Gasteiger partial charge in [-0.05, 0) is 48.6 Å². The quantitative estimate of drug-likeness (QED) is 0.271. The first-order chi connectivity index (χ1) is 14.1. The van der Waals surface area contributed by atoms with Gasteiger partial charge >= 0.3 is 5.97 Å². The number of hydrogen-bond donors (Lipinski definition) is 0. The fraction of sp³-hybridized carbons (Fsp3) is 0.500. The molecule has 0 saturated carbocycles. The zero-order chi connectivity index (χ0) is 20.9. The summed E-state index contributed by atoms with van der Waals surface area (Å²) in [5.41, 5.74) is 3.53. The lowest BCUT2D eigenvalue weighted by molar-refractivity contribution is -0.148. The minimum Gasteiger partial charge on any atom is -0.494 e. The Bertz CT molecular complexity index is 704. The van der Waals surface area contributed by atoms with Gasteiger partial charge in [0.25, 0.3) is 0 Å². The second-order valence-corrected chi connectivity index (χ2v) is 7.74. The smallest absolute Gasteiger partial charge is 0.306 e. The van der Waals surface area contributed by atoms with Crippen molar-refractivity contribution in [3.8, 4) is 16.9 Å². The first-order valence-corrected chi connectivity index (χ1v) is 11.1. The monoisotopic (exact) mass is 396 g/mol. The van der Waals surface area contributed by atoms with Gasteiger partial charge in [-0.1, -0.05) is 75.9 Å². The minimum atomic E-state index is -0.111. The number of carbonyl (C=O) groups excluding carboxylic acids is 1. The van der Waals surface area contributed by atoms with Crippen molar-refractivity contribution in [1.82, 2.24) is 0 Å². The molecule has 1 atom stereocenters. The van der Waals surface area contributed by atoms with Gasteiger partial charge in [-0.2, -0.15) is 0 Å². The maximum atomic E-state index is 11.6. The van der Waals surface area contributed by atoms with Gasteiger partial charge in [0.1, 0.15) is 11.9 Å². The SMILES string of the molecule is CCCCCCCOc1ccc(-c2ccc(CC(C)OC(=O)CCC)cc2)cc1. The molecule has 0 aliphatic heterocycles. The van der Waals surface area contributed by atoms with Crippen LogP contribution in [0.1, 0.15) is 71.3 Å². The second-order valence-electron chi connectivity index (χ2n) is 7.74. The van der Waals surface area contributed by atoms with Crippen LogP contribution in [0, 0.1) is 0 Å². The molecule has 0 spiro atoms. The molecule has 0 aliphatic rings. The molecule has 0 saturated heterocycles. The highest BCUT2D eigenvalue weighted by molar-refractivity contribution is 5.69. The first kappa shape index (κ1) is 23.0. The average Bonchev–Trinajstić information content (AvgIpc) is 2.72. The fourth-order valence-corrected chi connectivity index (χ4v) is 3.33. The van der Waals surface area contributed by atoms with Crippen LogP contribution in [0.2, 0.25) is 0 Å². The van der Waals surface area contributed by atoms with E-state index in [-0.39, 0.29) is 12.1 Å². The molecule has 1 unspecified atom stereocenters. The van der Waals surface area contributed by atoms with E-state index < -0.39 is 0 Å². The maximum absolute atomic E-state index is 11.6. The van der Waals surface area contributed by atoms with Crippen LogP contribution in [0.5, 0.6) is 5.75 Å². The molecule has 3 heteroatoms. The van der Waals surface area contributed by atoms with Crippen molar-refractivity contribution in [2.24, 2.45) is 0 Å². The number of hydrogen-bond acceptors (Lipinski definition) is 3. The number of carbonyl (C=O) groups is 1. The molecule has 2 aromatic rings. The third-order valence-electron chi connectivity index (χ3n) is 4.97. The topological polar surface area (TPSA) is 35.5 Å². The Hall–Kier alpha value is -2.29. The molecular formula is C26H36O3. The van der Waals surface area contributed by atoms with Crippen molar-refractivity contribution in [1.29, 1.82) is 0 Å². The summed E-state index contributed by atoms with van der Waals surface area (Å²) in [6, 6.07) is 16.8. The highest BCUT2D eigenvalue weighted by Crippen LogP contribution is 2.23.